The van der Waals surface area contributed by atoms with Crippen LogP contribution < -0.4 is 9.80 Å². The van der Waals surface area contributed by atoms with E-state index >= 15 is 0 Å². The van der Waals surface area contributed by atoms with Crippen LogP contribution in [0.1, 0.15) is 57.9 Å². The van der Waals surface area contributed by atoms with Crippen LogP contribution in [0.3, 0.4) is 0 Å². The SMILES string of the molecule is C=C/C=C(\C=C\c1ccc(N(/C(C=C)=C/C=C/n2nc3c(n2)CCC=C3)c2cccc(C=C)c2C=C)cc1)c1ccc(N(c2ccc(-n3nc4c(n3)CCC=C4)cc2)c2cccc3ccccc23)cc1. The van der Waals surface area contributed by atoms with Crippen molar-refractivity contribution in [3.05, 3.63) is 259 Å². The van der Waals surface area contributed by atoms with E-state index in [-0.39, 0.29) is 0 Å². The number of benzene rings is 6. The third-order valence-electron chi connectivity index (χ3n) is 12.5. The molecule has 0 N–H and O–H groups in total. The van der Waals surface area contributed by atoms with Gasteiger partial charge in [-0.1, -0.05) is 148 Å². The predicted molar refractivity (Wildman–Crippen MR) is 294 cm³/mol. The molecular weight excluding hydrogens is 857 g/mol. The highest BCUT2D eigenvalue weighted by molar-refractivity contribution is 5.99. The molecule has 70 heavy (non-hydrogen) atoms. The van der Waals surface area contributed by atoms with Crippen LogP contribution in [0.5, 0.6) is 0 Å². The monoisotopic (exact) mass is 908 g/mol. The lowest BCUT2D eigenvalue weighted by Gasteiger charge is -2.28. The smallest absolute Gasteiger partial charge is 0.109 e. The van der Waals surface area contributed by atoms with Gasteiger partial charge in [-0.25, -0.2) is 0 Å². The van der Waals surface area contributed by atoms with Crippen molar-refractivity contribution < 1.29 is 0 Å². The molecule has 340 valence electrons. The molecule has 0 aliphatic heterocycles. The van der Waals surface area contributed by atoms with Gasteiger partial charge in [0, 0.05) is 39.9 Å². The molecule has 2 aromatic heterocycles. The van der Waals surface area contributed by atoms with E-state index in [1.807, 2.05) is 66.9 Å². The Morgan fingerprint density at radius 3 is 1.97 bits per heavy atom. The quantitative estimate of drug-likeness (QED) is 0.0900. The van der Waals surface area contributed by atoms with Gasteiger partial charge in [0.1, 0.15) is 11.4 Å². The number of hydrogen-bond donors (Lipinski definition) is 0. The molecule has 10 rings (SSSR count). The van der Waals surface area contributed by atoms with Crippen LogP contribution in [-0.2, 0) is 12.8 Å². The van der Waals surface area contributed by atoms with Crippen molar-refractivity contribution in [2.45, 2.75) is 25.7 Å². The minimum Gasteiger partial charge on any atom is -0.310 e. The van der Waals surface area contributed by atoms with Crippen molar-refractivity contribution in [2.24, 2.45) is 0 Å². The molecular formula is C62H52N8. The van der Waals surface area contributed by atoms with Gasteiger partial charge >= 0.3 is 0 Å². The van der Waals surface area contributed by atoms with Crippen LogP contribution in [0.4, 0.5) is 28.4 Å². The van der Waals surface area contributed by atoms with Crippen molar-refractivity contribution in [1.82, 2.24) is 30.0 Å². The summed E-state index contributed by atoms with van der Waals surface area (Å²) in [6.07, 6.45) is 31.7. The lowest BCUT2D eigenvalue weighted by atomic mass is 10.0. The Kier molecular flexibility index (Phi) is 13.0. The van der Waals surface area contributed by atoms with Gasteiger partial charge in [-0.05, 0) is 144 Å². The summed E-state index contributed by atoms with van der Waals surface area (Å²) in [5, 5.41) is 21.2. The van der Waals surface area contributed by atoms with E-state index in [1.54, 1.807) is 9.59 Å². The van der Waals surface area contributed by atoms with Gasteiger partial charge in [0.05, 0.1) is 28.5 Å². The molecule has 0 bridgehead atoms. The molecule has 8 aromatic rings. The average molecular weight is 909 g/mol. The van der Waals surface area contributed by atoms with Crippen molar-refractivity contribution in [1.29, 1.82) is 0 Å². The number of rotatable bonds is 16. The molecule has 8 heteroatoms. The summed E-state index contributed by atoms with van der Waals surface area (Å²) in [4.78, 5) is 7.87. The zero-order valence-corrected chi connectivity index (χ0v) is 39.0. The Hall–Kier alpha value is -9.14. The Morgan fingerprint density at radius 1 is 0.600 bits per heavy atom. The second-order valence-electron chi connectivity index (χ2n) is 16.9. The fraction of sp³-hybridized carbons (Fsp3) is 0.0645. The predicted octanol–water partition coefficient (Wildman–Crippen LogP) is 15.3. The van der Waals surface area contributed by atoms with Crippen LogP contribution in [0.2, 0.25) is 0 Å². The Balaban J connectivity index is 0.935. The third-order valence-corrected chi connectivity index (χ3v) is 12.5. The van der Waals surface area contributed by atoms with E-state index < -0.39 is 0 Å². The van der Waals surface area contributed by atoms with Crippen molar-refractivity contribution >= 4 is 81.4 Å². The fourth-order valence-electron chi connectivity index (χ4n) is 9.05. The van der Waals surface area contributed by atoms with E-state index in [9.17, 15) is 0 Å². The first-order valence-electron chi connectivity index (χ1n) is 23.6. The molecule has 0 saturated carbocycles. The lowest BCUT2D eigenvalue weighted by Crippen LogP contribution is -2.16. The van der Waals surface area contributed by atoms with E-state index in [4.69, 9.17) is 10.2 Å². The fourth-order valence-corrected chi connectivity index (χ4v) is 9.05. The number of fused-ring (bicyclic) bond motifs is 3. The second-order valence-corrected chi connectivity index (χ2v) is 16.9. The number of anilines is 5. The van der Waals surface area contributed by atoms with Crippen LogP contribution in [0, 0.1) is 0 Å². The Morgan fingerprint density at radius 2 is 1.27 bits per heavy atom. The standard InChI is InChI=1S/C62H52N8/c1-5-18-47(33-30-45-31-36-51(37-32-45)68(61-28-15-20-46(6-2)55(61)8-4)50(7-3)22-17-44-67-63-57-24-11-12-25-58(57)64-67)48-34-38-52(39-35-48)69(62-29-16-21-49-19-9-10-23-56(49)62)53-40-42-54(43-41-53)70-65-59-26-13-14-27-60(59)66-70/h5-11,13,15-24,26,28-44H,1-4,12,14,25,27H2/b33-30+,44-17+,47-18+,50-22+. The zero-order valence-electron chi connectivity index (χ0n) is 39.0. The summed E-state index contributed by atoms with van der Waals surface area (Å²) in [6.45, 7) is 16.5. The maximum atomic E-state index is 4.80. The topological polar surface area (TPSA) is 67.9 Å². The van der Waals surface area contributed by atoms with E-state index in [0.29, 0.717) is 0 Å². The number of nitrogens with zero attached hydrogens (tertiary/aromatic N) is 8. The van der Waals surface area contributed by atoms with Crippen molar-refractivity contribution in [2.75, 3.05) is 9.80 Å². The van der Waals surface area contributed by atoms with Gasteiger partial charge in [0.15, 0.2) is 0 Å². The minimum absolute atomic E-state index is 0.860. The van der Waals surface area contributed by atoms with E-state index in [1.165, 1.54) is 5.39 Å². The van der Waals surface area contributed by atoms with Gasteiger partial charge in [-0.3, -0.25) is 0 Å². The van der Waals surface area contributed by atoms with Crippen LogP contribution >= 0.6 is 0 Å². The highest BCUT2D eigenvalue weighted by Gasteiger charge is 2.19. The third kappa shape index (κ3) is 9.26. The molecule has 0 amide bonds. The normalized spacial score (nSPS) is 13.4. The molecule has 6 aromatic carbocycles. The lowest BCUT2D eigenvalue weighted by molar-refractivity contribution is 0.736. The first-order valence-corrected chi connectivity index (χ1v) is 23.6. The summed E-state index contributed by atoms with van der Waals surface area (Å²) in [7, 11) is 0. The molecule has 0 saturated heterocycles. The molecule has 0 radical (unpaired) electrons. The molecule has 0 fully saturated rings. The van der Waals surface area contributed by atoms with Crippen LogP contribution in [0.15, 0.2) is 214 Å². The summed E-state index contributed by atoms with van der Waals surface area (Å²) >= 11 is 0. The minimum atomic E-state index is 0.860. The molecule has 0 spiro atoms. The first kappa shape index (κ1) is 44.7. The molecule has 2 aliphatic carbocycles. The largest absolute Gasteiger partial charge is 0.310 e. The maximum Gasteiger partial charge on any atom is 0.109 e. The Bertz CT molecular complexity index is 3440. The van der Waals surface area contributed by atoms with Gasteiger partial charge in [0.25, 0.3) is 0 Å². The number of aryl methyl sites for hydroxylation is 2. The highest BCUT2D eigenvalue weighted by Crippen LogP contribution is 2.40. The van der Waals surface area contributed by atoms with Crippen molar-refractivity contribution in [3.8, 4) is 5.69 Å². The summed E-state index contributed by atoms with van der Waals surface area (Å²) in [5.41, 5.74) is 15.8. The maximum absolute atomic E-state index is 4.80. The molecule has 0 atom stereocenters. The molecule has 0 unspecified atom stereocenters. The van der Waals surface area contributed by atoms with E-state index in [2.05, 4.69) is 198 Å². The molecule has 2 heterocycles. The number of allylic oxidation sites excluding steroid dienone is 9. The molecule has 8 nitrogen and oxygen atoms in total. The van der Waals surface area contributed by atoms with Gasteiger partial charge in [-0.2, -0.15) is 19.8 Å². The molecule has 2 aliphatic rings. The van der Waals surface area contributed by atoms with E-state index in [0.717, 1.165) is 121 Å². The Labute approximate surface area is 409 Å². The highest BCUT2D eigenvalue weighted by atomic mass is 15.5. The van der Waals surface area contributed by atoms with Crippen LogP contribution in [0.25, 0.3) is 58.6 Å². The van der Waals surface area contributed by atoms with Gasteiger partial charge < -0.3 is 9.80 Å². The van der Waals surface area contributed by atoms with Crippen LogP contribution in [-0.4, -0.2) is 30.0 Å². The average Bonchev–Trinajstić information content (AvgIpc) is 4.05. The van der Waals surface area contributed by atoms with Gasteiger partial charge in [0.2, 0.25) is 0 Å². The number of aromatic nitrogens is 6. The second kappa shape index (κ2) is 20.4. The van der Waals surface area contributed by atoms with Gasteiger partial charge in [-0.15, -0.1) is 10.2 Å². The number of hydrogen-bond acceptors (Lipinski definition) is 6. The van der Waals surface area contributed by atoms with Crippen molar-refractivity contribution in [3.63, 3.8) is 0 Å². The summed E-state index contributed by atoms with van der Waals surface area (Å²) < 4.78 is 0. The summed E-state index contributed by atoms with van der Waals surface area (Å²) in [5.74, 6) is 0. The first-order chi connectivity index (χ1) is 34.5. The summed E-state index contributed by atoms with van der Waals surface area (Å²) in [6, 6.07) is 46.8. The zero-order chi connectivity index (χ0) is 47.8.